The zero-order valence-corrected chi connectivity index (χ0v) is 10.6. The Labute approximate surface area is 105 Å². The SMILES string of the molecule is O=c1[nH]cc(Br)c(=O)n1CCCn1ccnc1. The number of hydrogen-bond donors (Lipinski definition) is 1. The van der Waals surface area contributed by atoms with Crippen molar-refractivity contribution in [1.29, 1.82) is 0 Å². The van der Waals surface area contributed by atoms with Crippen molar-refractivity contribution in [3.63, 3.8) is 0 Å². The molecule has 0 bridgehead atoms. The van der Waals surface area contributed by atoms with Gasteiger partial charge in [0.05, 0.1) is 10.8 Å². The van der Waals surface area contributed by atoms with E-state index in [2.05, 4.69) is 25.9 Å². The molecule has 0 amide bonds. The van der Waals surface area contributed by atoms with Crippen molar-refractivity contribution < 1.29 is 0 Å². The summed E-state index contributed by atoms with van der Waals surface area (Å²) >= 11 is 3.09. The molecule has 2 rings (SSSR count). The summed E-state index contributed by atoms with van der Waals surface area (Å²) in [6, 6.07) is 0. The van der Waals surface area contributed by atoms with Gasteiger partial charge in [-0.25, -0.2) is 9.78 Å². The summed E-state index contributed by atoms with van der Waals surface area (Å²) < 4.78 is 3.44. The second kappa shape index (κ2) is 5.13. The Balaban J connectivity index is 2.07. The predicted molar refractivity (Wildman–Crippen MR) is 65.9 cm³/mol. The van der Waals surface area contributed by atoms with Crippen LogP contribution in [0.25, 0.3) is 0 Å². The third-order valence-corrected chi connectivity index (χ3v) is 2.94. The molecule has 0 radical (unpaired) electrons. The van der Waals surface area contributed by atoms with Crippen LogP contribution in [0.3, 0.4) is 0 Å². The fourth-order valence-electron chi connectivity index (χ4n) is 1.52. The third kappa shape index (κ3) is 2.73. The molecular weight excluding hydrogens is 288 g/mol. The first-order chi connectivity index (χ1) is 8.18. The molecule has 2 aromatic heterocycles. The molecule has 0 aliphatic heterocycles. The maximum Gasteiger partial charge on any atom is 0.328 e. The van der Waals surface area contributed by atoms with Gasteiger partial charge in [0.25, 0.3) is 5.56 Å². The average molecular weight is 299 g/mol. The number of aromatic nitrogens is 4. The Bertz CT molecular complexity index is 600. The van der Waals surface area contributed by atoms with E-state index in [1.165, 1.54) is 10.8 Å². The number of imidazole rings is 1. The minimum atomic E-state index is -0.385. The molecule has 0 atom stereocenters. The van der Waals surface area contributed by atoms with Crippen molar-refractivity contribution in [2.45, 2.75) is 19.5 Å². The van der Waals surface area contributed by atoms with Gasteiger partial charge in [-0.05, 0) is 22.4 Å². The number of aryl methyl sites for hydroxylation is 1. The highest BCUT2D eigenvalue weighted by atomic mass is 79.9. The van der Waals surface area contributed by atoms with E-state index in [4.69, 9.17) is 0 Å². The van der Waals surface area contributed by atoms with Crippen molar-refractivity contribution in [1.82, 2.24) is 19.1 Å². The first-order valence-electron chi connectivity index (χ1n) is 5.12. The zero-order valence-electron chi connectivity index (χ0n) is 8.97. The first kappa shape index (κ1) is 11.8. The normalized spacial score (nSPS) is 10.6. The lowest BCUT2D eigenvalue weighted by atomic mass is 10.4. The molecule has 1 N–H and O–H groups in total. The van der Waals surface area contributed by atoms with Crippen LogP contribution in [0.1, 0.15) is 6.42 Å². The van der Waals surface area contributed by atoms with E-state index in [0.29, 0.717) is 17.4 Å². The van der Waals surface area contributed by atoms with Crippen LogP contribution >= 0.6 is 15.9 Å². The molecule has 6 nitrogen and oxygen atoms in total. The van der Waals surface area contributed by atoms with E-state index in [9.17, 15) is 9.59 Å². The molecule has 2 aromatic rings. The predicted octanol–water partition coefficient (Wildman–Crippen LogP) is 0.586. The molecule has 90 valence electrons. The minimum absolute atomic E-state index is 0.306. The van der Waals surface area contributed by atoms with Gasteiger partial charge in [-0.1, -0.05) is 0 Å². The largest absolute Gasteiger partial charge is 0.337 e. The topological polar surface area (TPSA) is 72.7 Å². The highest BCUT2D eigenvalue weighted by Gasteiger charge is 2.04. The molecule has 0 spiro atoms. The van der Waals surface area contributed by atoms with Gasteiger partial charge in [0, 0.05) is 31.7 Å². The number of nitrogens with one attached hydrogen (secondary N) is 1. The molecule has 7 heteroatoms. The Morgan fingerprint density at radius 3 is 2.88 bits per heavy atom. The standard InChI is InChI=1S/C10H11BrN4O2/c11-8-6-13-10(17)15(9(8)16)4-1-3-14-5-2-12-7-14/h2,5-7H,1,3-4H2,(H,13,17). The highest BCUT2D eigenvalue weighted by molar-refractivity contribution is 9.10. The maximum atomic E-state index is 11.7. The van der Waals surface area contributed by atoms with Crippen LogP contribution in [-0.2, 0) is 13.1 Å². The second-order valence-electron chi connectivity index (χ2n) is 3.55. The maximum absolute atomic E-state index is 11.7. The number of hydrogen-bond acceptors (Lipinski definition) is 3. The summed E-state index contributed by atoms with van der Waals surface area (Å²) in [7, 11) is 0. The van der Waals surface area contributed by atoms with Gasteiger partial charge in [-0.2, -0.15) is 0 Å². The molecule has 0 aromatic carbocycles. The Hall–Kier alpha value is -1.63. The molecule has 2 heterocycles. The Kier molecular flexibility index (Phi) is 3.58. The van der Waals surface area contributed by atoms with Crippen LogP contribution in [0, 0.1) is 0 Å². The quantitative estimate of drug-likeness (QED) is 0.898. The molecule has 0 saturated carbocycles. The number of nitrogens with zero attached hydrogens (tertiary/aromatic N) is 3. The highest BCUT2D eigenvalue weighted by Crippen LogP contribution is 1.97. The molecule has 0 unspecified atom stereocenters. The first-order valence-corrected chi connectivity index (χ1v) is 5.91. The summed E-state index contributed by atoms with van der Waals surface area (Å²) in [5, 5.41) is 0. The Morgan fingerprint density at radius 2 is 2.18 bits per heavy atom. The van der Waals surface area contributed by atoms with Crippen LogP contribution in [0.4, 0.5) is 0 Å². The van der Waals surface area contributed by atoms with E-state index in [1.807, 2.05) is 10.8 Å². The number of aromatic amines is 1. The second-order valence-corrected chi connectivity index (χ2v) is 4.41. The lowest BCUT2D eigenvalue weighted by molar-refractivity contribution is 0.533. The van der Waals surface area contributed by atoms with Crippen molar-refractivity contribution in [3.8, 4) is 0 Å². The molecule has 0 fully saturated rings. The van der Waals surface area contributed by atoms with Gasteiger partial charge in [-0.3, -0.25) is 9.36 Å². The third-order valence-electron chi connectivity index (χ3n) is 2.37. The number of rotatable bonds is 4. The molecule has 0 aliphatic carbocycles. The van der Waals surface area contributed by atoms with Gasteiger partial charge in [0.2, 0.25) is 0 Å². The van der Waals surface area contributed by atoms with E-state index >= 15 is 0 Å². The minimum Gasteiger partial charge on any atom is -0.337 e. The van der Waals surface area contributed by atoms with E-state index in [0.717, 1.165) is 6.54 Å². The lowest BCUT2D eigenvalue weighted by Gasteiger charge is -2.05. The van der Waals surface area contributed by atoms with Crippen LogP contribution in [0.15, 0.2) is 39.0 Å². The van der Waals surface area contributed by atoms with E-state index < -0.39 is 0 Å². The molecular formula is C10H11BrN4O2. The fraction of sp³-hybridized carbons (Fsp3) is 0.300. The lowest BCUT2D eigenvalue weighted by Crippen LogP contribution is -2.35. The van der Waals surface area contributed by atoms with Crippen molar-refractivity contribution in [2.75, 3.05) is 0 Å². The zero-order chi connectivity index (χ0) is 12.3. The van der Waals surface area contributed by atoms with Crippen molar-refractivity contribution >= 4 is 15.9 Å². The van der Waals surface area contributed by atoms with Gasteiger partial charge in [-0.15, -0.1) is 0 Å². The fourth-order valence-corrected chi connectivity index (χ4v) is 1.85. The van der Waals surface area contributed by atoms with Gasteiger partial charge in [0.1, 0.15) is 0 Å². The monoisotopic (exact) mass is 298 g/mol. The van der Waals surface area contributed by atoms with Crippen LogP contribution in [-0.4, -0.2) is 19.1 Å². The Morgan fingerprint density at radius 1 is 1.35 bits per heavy atom. The molecule has 17 heavy (non-hydrogen) atoms. The van der Waals surface area contributed by atoms with Crippen molar-refractivity contribution in [2.24, 2.45) is 0 Å². The number of halogens is 1. The van der Waals surface area contributed by atoms with Gasteiger partial charge in [0.15, 0.2) is 0 Å². The van der Waals surface area contributed by atoms with Crippen LogP contribution in [0.2, 0.25) is 0 Å². The van der Waals surface area contributed by atoms with Crippen LogP contribution in [0.5, 0.6) is 0 Å². The molecule has 0 saturated heterocycles. The smallest absolute Gasteiger partial charge is 0.328 e. The van der Waals surface area contributed by atoms with E-state index in [1.54, 1.807) is 12.5 Å². The van der Waals surface area contributed by atoms with Gasteiger partial charge < -0.3 is 9.55 Å². The summed E-state index contributed by atoms with van der Waals surface area (Å²) in [5.41, 5.74) is -0.691. The van der Waals surface area contributed by atoms with Crippen LogP contribution < -0.4 is 11.2 Å². The van der Waals surface area contributed by atoms with Gasteiger partial charge >= 0.3 is 5.69 Å². The summed E-state index contributed by atoms with van der Waals surface area (Å²) in [5.74, 6) is 0. The summed E-state index contributed by atoms with van der Waals surface area (Å²) in [4.78, 5) is 29.5. The molecule has 0 aliphatic rings. The number of H-pyrrole nitrogens is 1. The summed E-state index contributed by atoms with van der Waals surface area (Å²) in [6.07, 6.45) is 7.28. The summed E-state index contributed by atoms with van der Waals surface area (Å²) in [6.45, 7) is 1.10. The van der Waals surface area contributed by atoms with Crippen molar-refractivity contribution in [3.05, 3.63) is 50.2 Å². The van der Waals surface area contributed by atoms with E-state index in [-0.39, 0.29) is 11.2 Å². The average Bonchev–Trinajstić information content (AvgIpc) is 2.81.